The first-order chi connectivity index (χ1) is 12.2. The van der Waals surface area contributed by atoms with Crippen molar-refractivity contribution < 1.29 is 0 Å². The second kappa shape index (κ2) is 6.73. The third-order valence-corrected chi connectivity index (χ3v) is 5.60. The Hall–Kier alpha value is -2.58. The average molecular weight is 347 g/mol. The number of hydrogen-bond donors (Lipinski definition) is 1. The molecule has 0 aliphatic heterocycles. The zero-order valence-corrected chi connectivity index (χ0v) is 14.5. The fourth-order valence-corrected chi connectivity index (χ4v) is 4.18. The maximum Gasteiger partial charge on any atom is 0.256 e. The highest BCUT2D eigenvalue weighted by atomic mass is 32.2. The van der Waals surface area contributed by atoms with Crippen LogP contribution in [0.3, 0.4) is 0 Å². The van der Waals surface area contributed by atoms with Crippen LogP contribution < -0.4 is 5.56 Å². The van der Waals surface area contributed by atoms with Crippen LogP contribution in [0.4, 0.5) is 0 Å². The van der Waals surface area contributed by atoms with Gasteiger partial charge in [-0.05, 0) is 54.8 Å². The van der Waals surface area contributed by atoms with Gasteiger partial charge in [0.05, 0.1) is 5.56 Å². The molecule has 0 saturated carbocycles. The third-order valence-electron chi connectivity index (χ3n) is 4.56. The summed E-state index contributed by atoms with van der Waals surface area (Å²) in [6, 6.07) is 13.8. The topological polar surface area (TPSA) is 69.5 Å². The summed E-state index contributed by atoms with van der Waals surface area (Å²) in [6.45, 7) is 0. The van der Waals surface area contributed by atoms with Gasteiger partial charge in [-0.2, -0.15) is 5.26 Å². The number of fused-ring (bicyclic) bond motifs is 2. The van der Waals surface area contributed by atoms with Gasteiger partial charge in [-0.15, -0.1) is 0 Å². The van der Waals surface area contributed by atoms with Gasteiger partial charge in [0.2, 0.25) is 0 Å². The summed E-state index contributed by atoms with van der Waals surface area (Å²) >= 11 is 1.51. The smallest absolute Gasteiger partial charge is 0.256 e. The van der Waals surface area contributed by atoms with Crippen LogP contribution in [0.1, 0.15) is 35.4 Å². The molecular weight excluding hydrogens is 330 g/mol. The van der Waals surface area contributed by atoms with Gasteiger partial charge >= 0.3 is 0 Å². The van der Waals surface area contributed by atoms with E-state index in [-0.39, 0.29) is 5.56 Å². The first-order valence-corrected chi connectivity index (χ1v) is 9.40. The SMILES string of the molecule is N#Cc1cc2c(nc1SCc1cc3ccccc3c(=O)[nH]1)CCCC2. The summed E-state index contributed by atoms with van der Waals surface area (Å²) in [4.78, 5) is 19.9. The van der Waals surface area contributed by atoms with Crippen LogP contribution in [0.15, 0.2) is 46.2 Å². The van der Waals surface area contributed by atoms with Crippen molar-refractivity contribution in [3.05, 3.63) is 69.3 Å². The van der Waals surface area contributed by atoms with E-state index in [4.69, 9.17) is 4.98 Å². The molecule has 1 aliphatic rings. The molecule has 0 amide bonds. The molecule has 1 aromatic carbocycles. The molecule has 1 aliphatic carbocycles. The molecule has 1 N–H and O–H groups in total. The number of thioether (sulfide) groups is 1. The molecule has 0 unspecified atom stereocenters. The maximum absolute atomic E-state index is 12.2. The molecule has 0 atom stereocenters. The Balaban J connectivity index is 1.63. The minimum absolute atomic E-state index is 0.0763. The van der Waals surface area contributed by atoms with Gasteiger partial charge in [0.15, 0.2) is 0 Å². The van der Waals surface area contributed by atoms with Crippen molar-refractivity contribution in [2.24, 2.45) is 0 Å². The number of nitrogens with zero attached hydrogens (tertiary/aromatic N) is 2. The van der Waals surface area contributed by atoms with Gasteiger partial charge in [-0.3, -0.25) is 4.79 Å². The molecule has 4 nitrogen and oxygen atoms in total. The standard InChI is InChI=1S/C20H17N3OS/c21-11-15-9-14-6-2-4-8-18(14)23-20(15)25-12-16-10-13-5-1-3-7-17(13)19(24)22-16/h1,3,5,7,9-10H,2,4,6,8,12H2,(H,22,24). The van der Waals surface area contributed by atoms with Crippen molar-refractivity contribution in [1.29, 1.82) is 5.26 Å². The molecule has 0 spiro atoms. The number of H-pyrrole nitrogens is 1. The Morgan fingerprint density at radius 3 is 2.92 bits per heavy atom. The fourth-order valence-electron chi connectivity index (χ4n) is 3.30. The third kappa shape index (κ3) is 3.18. The number of nitrogens with one attached hydrogen (secondary N) is 1. The first-order valence-electron chi connectivity index (χ1n) is 8.41. The summed E-state index contributed by atoms with van der Waals surface area (Å²) in [5.74, 6) is 0.584. The van der Waals surface area contributed by atoms with Crippen molar-refractivity contribution in [3.63, 3.8) is 0 Å². The van der Waals surface area contributed by atoms with Crippen molar-refractivity contribution in [2.75, 3.05) is 0 Å². The molecule has 0 fully saturated rings. The van der Waals surface area contributed by atoms with Crippen LogP contribution in [-0.4, -0.2) is 9.97 Å². The Labute approximate surface area is 149 Å². The average Bonchev–Trinajstić information content (AvgIpc) is 2.65. The molecular formula is C20H17N3OS. The van der Waals surface area contributed by atoms with Crippen LogP contribution in [0.25, 0.3) is 10.8 Å². The van der Waals surface area contributed by atoms with Crippen LogP contribution >= 0.6 is 11.8 Å². The molecule has 2 heterocycles. The van der Waals surface area contributed by atoms with Crippen molar-refractivity contribution in [2.45, 2.75) is 36.5 Å². The molecule has 3 aromatic rings. The van der Waals surface area contributed by atoms with E-state index in [2.05, 4.69) is 11.1 Å². The van der Waals surface area contributed by atoms with Gasteiger partial charge in [0, 0.05) is 22.5 Å². The quantitative estimate of drug-likeness (QED) is 0.728. The van der Waals surface area contributed by atoms with E-state index in [0.717, 1.165) is 41.1 Å². The van der Waals surface area contributed by atoms with E-state index in [1.807, 2.05) is 36.4 Å². The number of rotatable bonds is 3. The lowest BCUT2D eigenvalue weighted by molar-refractivity contribution is 0.660. The van der Waals surface area contributed by atoms with Crippen molar-refractivity contribution >= 4 is 22.5 Å². The molecule has 124 valence electrons. The second-order valence-corrected chi connectivity index (χ2v) is 7.23. The van der Waals surface area contributed by atoms with E-state index >= 15 is 0 Å². The Morgan fingerprint density at radius 1 is 1.20 bits per heavy atom. The molecule has 0 radical (unpaired) electrons. The van der Waals surface area contributed by atoms with Crippen LogP contribution in [0.5, 0.6) is 0 Å². The van der Waals surface area contributed by atoms with E-state index < -0.39 is 0 Å². The number of benzene rings is 1. The molecule has 4 rings (SSSR count). The maximum atomic E-state index is 12.2. The summed E-state index contributed by atoms with van der Waals surface area (Å²) in [6.07, 6.45) is 4.33. The molecule has 0 saturated heterocycles. The zero-order chi connectivity index (χ0) is 17.2. The Bertz CT molecular complexity index is 1050. The minimum atomic E-state index is -0.0763. The molecule has 2 aromatic heterocycles. The van der Waals surface area contributed by atoms with E-state index in [0.29, 0.717) is 16.7 Å². The molecule has 0 bridgehead atoms. The lowest BCUT2D eigenvalue weighted by Gasteiger charge is -2.16. The largest absolute Gasteiger partial charge is 0.325 e. The molecule has 5 heteroatoms. The van der Waals surface area contributed by atoms with Crippen LogP contribution in [0.2, 0.25) is 0 Å². The Kier molecular flexibility index (Phi) is 4.29. The summed E-state index contributed by atoms with van der Waals surface area (Å²) in [5.41, 5.74) is 3.74. The normalized spacial score (nSPS) is 13.4. The van der Waals surface area contributed by atoms with Gasteiger partial charge in [-0.1, -0.05) is 30.0 Å². The summed E-state index contributed by atoms with van der Waals surface area (Å²) in [5, 5.41) is 11.8. The van der Waals surface area contributed by atoms with E-state index in [9.17, 15) is 10.1 Å². The number of nitriles is 1. The predicted molar refractivity (Wildman–Crippen MR) is 99.7 cm³/mol. The molecule has 25 heavy (non-hydrogen) atoms. The van der Waals surface area contributed by atoms with Crippen molar-refractivity contribution in [1.82, 2.24) is 9.97 Å². The number of aryl methyl sites for hydroxylation is 2. The number of hydrogen-bond acceptors (Lipinski definition) is 4. The first kappa shape index (κ1) is 15.9. The minimum Gasteiger partial charge on any atom is -0.325 e. The second-order valence-electron chi connectivity index (χ2n) is 6.27. The monoisotopic (exact) mass is 347 g/mol. The Morgan fingerprint density at radius 2 is 2.04 bits per heavy atom. The lowest BCUT2D eigenvalue weighted by Crippen LogP contribution is -2.09. The summed E-state index contributed by atoms with van der Waals surface area (Å²) in [7, 11) is 0. The number of pyridine rings is 2. The lowest BCUT2D eigenvalue weighted by atomic mass is 9.95. The van der Waals surface area contributed by atoms with Crippen LogP contribution in [-0.2, 0) is 18.6 Å². The fraction of sp³-hybridized carbons (Fsp3) is 0.250. The van der Waals surface area contributed by atoms with Gasteiger partial charge in [0.25, 0.3) is 5.56 Å². The number of aromatic nitrogens is 2. The highest BCUT2D eigenvalue weighted by molar-refractivity contribution is 7.98. The highest BCUT2D eigenvalue weighted by Crippen LogP contribution is 2.29. The van der Waals surface area contributed by atoms with E-state index in [1.165, 1.54) is 23.7 Å². The number of aromatic amines is 1. The summed E-state index contributed by atoms with van der Waals surface area (Å²) < 4.78 is 0. The van der Waals surface area contributed by atoms with Crippen LogP contribution in [0, 0.1) is 11.3 Å². The predicted octanol–water partition coefficient (Wildman–Crippen LogP) is 3.97. The van der Waals surface area contributed by atoms with Gasteiger partial charge in [-0.25, -0.2) is 4.98 Å². The zero-order valence-electron chi connectivity index (χ0n) is 13.7. The van der Waals surface area contributed by atoms with Gasteiger partial charge < -0.3 is 4.98 Å². The van der Waals surface area contributed by atoms with E-state index in [1.54, 1.807) is 0 Å². The van der Waals surface area contributed by atoms with Gasteiger partial charge in [0.1, 0.15) is 11.1 Å². The highest BCUT2D eigenvalue weighted by Gasteiger charge is 2.15. The van der Waals surface area contributed by atoms with Crippen molar-refractivity contribution in [3.8, 4) is 6.07 Å².